The molecule has 116 valence electrons. The molecule has 21 heavy (non-hydrogen) atoms. The van der Waals surface area contributed by atoms with E-state index >= 15 is 0 Å². The number of amides is 1. The fourth-order valence-corrected chi connectivity index (χ4v) is 2.58. The van der Waals surface area contributed by atoms with E-state index in [0.717, 1.165) is 4.47 Å². The number of nitrogens with one attached hydrogen (secondary N) is 1. The summed E-state index contributed by atoms with van der Waals surface area (Å²) < 4.78 is 5.89. The second-order valence-electron chi connectivity index (χ2n) is 4.98. The van der Waals surface area contributed by atoms with Crippen LogP contribution in [0.3, 0.4) is 0 Å². The first-order chi connectivity index (χ1) is 9.88. The van der Waals surface area contributed by atoms with Gasteiger partial charge in [-0.3, -0.25) is 14.5 Å². The summed E-state index contributed by atoms with van der Waals surface area (Å²) in [5.74, 6) is 0.509. The van der Waals surface area contributed by atoms with Gasteiger partial charge in [0.2, 0.25) is 5.91 Å². The van der Waals surface area contributed by atoms with Crippen LogP contribution >= 0.6 is 15.9 Å². The van der Waals surface area contributed by atoms with E-state index < -0.39 is 0 Å². The maximum absolute atomic E-state index is 12.2. The number of hydrogen-bond donors (Lipinski definition) is 1. The summed E-state index contributed by atoms with van der Waals surface area (Å²) >= 11 is 3.37. The molecule has 1 aromatic rings. The lowest BCUT2D eigenvalue weighted by Gasteiger charge is -2.19. The number of likely N-dealkylation sites (N-methyl/N-ethyl adjacent to an activating group) is 1. The molecule has 1 rings (SSSR count). The Hall–Kier alpha value is -1.40. The number of methoxy groups -OCH3 is 1. The molecule has 1 aromatic carbocycles. The molecule has 0 bridgehead atoms. The highest BCUT2D eigenvalue weighted by Gasteiger charge is 2.16. The van der Waals surface area contributed by atoms with Crippen molar-refractivity contribution in [1.29, 1.82) is 0 Å². The molecule has 0 saturated heterocycles. The Bertz CT molecular complexity index is 520. The molecule has 0 aliphatic heterocycles. The Morgan fingerprint density at radius 1 is 1.43 bits per heavy atom. The summed E-state index contributed by atoms with van der Waals surface area (Å²) in [5, 5.41) is 2.60. The van der Waals surface area contributed by atoms with Crippen LogP contribution in [0.25, 0.3) is 0 Å². The number of Topliss-reactive ketones (excluding diaryl/α,β-unsaturated/α-hetero) is 1. The maximum atomic E-state index is 12.2. The molecule has 0 heterocycles. The third kappa shape index (κ3) is 5.13. The maximum Gasteiger partial charge on any atom is 0.223 e. The van der Waals surface area contributed by atoms with Crippen LogP contribution in [-0.4, -0.2) is 50.9 Å². The number of ether oxygens (including phenoxy) is 1. The Morgan fingerprint density at radius 2 is 2.10 bits per heavy atom. The second-order valence-corrected chi connectivity index (χ2v) is 5.84. The summed E-state index contributed by atoms with van der Waals surface area (Å²) in [7, 11) is 5.02. The van der Waals surface area contributed by atoms with Gasteiger partial charge in [-0.25, -0.2) is 0 Å². The van der Waals surface area contributed by atoms with Gasteiger partial charge in [-0.05, 0) is 41.2 Å². The van der Waals surface area contributed by atoms with Crippen LogP contribution in [-0.2, 0) is 4.79 Å². The Balaban J connectivity index is 2.64. The van der Waals surface area contributed by atoms with E-state index in [4.69, 9.17) is 4.74 Å². The van der Waals surface area contributed by atoms with Crippen molar-refractivity contribution in [3.63, 3.8) is 0 Å². The number of hydrogen-bond acceptors (Lipinski definition) is 4. The number of nitrogens with zero attached hydrogens (tertiary/aromatic N) is 1. The van der Waals surface area contributed by atoms with Gasteiger partial charge >= 0.3 is 0 Å². The molecule has 1 atom stereocenters. The van der Waals surface area contributed by atoms with Crippen LogP contribution in [0.1, 0.15) is 17.3 Å². The molecule has 6 heteroatoms. The van der Waals surface area contributed by atoms with Crippen molar-refractivity contribution in [2.24, 2.45) is 5.92 Å². The van der Waals surface area contributed by atoms with Gasteiger partial charge in [0, 0.05) is 25.1 Å². The minimum atomic E-state index is -0.157. The third-order valence-corrected chi connectivity index (χ3v) is 3.79. The topological polar surface area (TPSA) is 58.6 Å². The molecule has 1 amide bonds. The van der Waals surface area contributed by atoms with Crippen molar-refractivity contribution in [1.82, 2.24) is 10.2 Å². The van der Waals surface area contributed by atoms with Crippen molar-refractivity contribution in [2.45, 2.75) is 6.92 Å². The quantitative estimate of drug-likeness (QED) is 0.758. The summed E-state index contributed by atoms with van der Waals surface area (Å²) in [5.41, 5.74) is 0.613. The smallest absolute Gasteiger partial charge is 0.223 e. The highest BCUT2D eigenvalue weighted by atomic mass is 79.9. The first kappa shape index (κ1) is 17.7. The Kier molecular flexibility index (Phi) is 6.84. The van der Waals surface area contributed by atoms with Gasteiger partial charge in [0.1, 0.15) is 5.75 Å². The van der Waals surface area contributed by atoms with Crippen molar-refractivity contribution in [3.8, 4) is 5.75 Å². The zero-order valence-electron chi connectivity index (χ0n) is 12.8. The molecule has 0 radical (unpaired) electrons. The molecular weight excluding hydrogens is 336 g/mol. The van der Waals surface area contributed by atoms with Crippen LogP contribution in [0.2, 0.25) is 0 Å². The van der Waals surface area contributed by atoms with E-state index in [1.54, 1.807) is 32.4 Å². The predicted molar refractivity (Wildman–Crippen MR) is 85.8 cm³/mol. The van der Waals surface area contributed by atoms with Crippen molar-refractivity contribution >= 4 is 27.6 Å². The third-order valence-electron chi connectivity index (χ3n) is 3.17. The highest BCUT2D eigenvalue weighted by molar-refractivity contribution is 9.10. The van der Waals surface area contributed by atoms with Gasteiger partial charge in [-0.1, -0.05) is 6.92 Å². The predicted octanol–water partition coefficient (Wildman–Crippen LogP) is 1.95. The molecule has 5 nitrogen and oxygen atoms in total. The second kappa shape index (κ2) is 8.14. The lowest BCUT2D eigenvalue weighted by atomic mass is 10.1. The van der Waals surface area contributed by atoms with Gasteiger partial charge in [0.15, 0.2) is 5.78 Å². The van der Waals surface area contributed by atoms with Crippen LogP contribution in [0.15, 0.2) is 22.7 Å². The van der Waals surface area contributed by atoms with Gasteiger partial charge in [0.25, 0.3) is 0 Å². The molecule has 0 aliphatic rings. The normalized spacial score (nSPS) is 12.1. The molecule has 0 spiro atoms. The standard InChI is InChI=1S/C15H21BrN2O3/c1-10(15(20)17-2)8-18(3)9-13(19)11-5-6-14(21-4)12(16)7-11/h5-7,10H,8-9H2,1-4H3,(H,17,20). The summed E-state index contributed by atoms with van der Waals surface area (Å²) in [4.78, 5) is 25.5. The van der Waals surface area contributed by atoms with E-state index in [1.807, 2.05) is 18.9 Å². The van der Waals surface area contributed by atoms with Crippen molar-refractivity contribution < 1.29 is 14.3 Å². The number of carbonyl (C=O) groups is 2. The van der Waals surface area contributed by atoms with Crippen molar-refractivity contribution in [3.05, 3.63) is 28.2 Å². The Labute approximate surface area is 133 Å². The molecule has 0 aromatic heterocycles. The first-order valence-electron chi connectivity index (χ1n) is 6.66. The molecule has 0 saturated carbocycles. The van der Waals surface area contributed by atoms with Gasteiger partial charge in [-0.2, -0.15) is 0 Å². The monoisotopic (exact) mass is 356 g/mol. The first-order valence-corrected chi connectivity index (χ1v) is 7.45. The van der Waals surface area contributed by atoms with Gasteiger partial charge in [-0.15, -0.1) is 0 Å². The van der Waals surface area contributed by atoms with Crippen LogP contribution in [0.5, 0.6) is 5.75 Å². The van der Waals surface area contributed by atoms with Crippen LogP contribution < -0.4 is 10.1 Å². The van der Waals surface area contributed by atoms with E-state index in [-0.39, 0.29) is 24.2 Å². The minimum Gasteiger partial charge on any atom is -0.496 e. The van der Waals surface area contributed by atoms with E-state index in [9.17, 15) is 9.59 Å². The SMILES string of the molecule is CNC(=O)C(C)CN(C)CC(=O)c1ccc(OC)c(Br)c1. The summed E-state index contributed by atoms with van der Waals surface area (Å²) in [6.07, 6.45) is 0. The van der Waals surface area contributed by atoms with Crippen molar-refractivity contribution in [2.75, 3.05) is 34.3 Å². The van der Waals surface area contributed by atoms with E-state index in [0.29, 0.717) is 17.9 Å². The fourth-order valence-electron chi connectivity index (χ4n) is 2.04. The molecule has 0 aliphatic carbocycles. The average Bonchev–Trinajstić information content (AvgIpc) is 2.45. The Morgan fingerprint density at radius 3 is 2.62 bits per heavy atom. The largest absolute Gasteiger partial charge is 0.496 e. The van der Waals surface area contributed by atoms with Crippen LogP contribution in [0, 0.1) is 5.92 Å². The number of halogens is 1. The lowest BCUT2D eigenvalue weighted by molar-refractivity contribution is -0.124. The summed E-state index contributed by atoms with van der Waals surface area (Å²) in [6, 6.07) is 5.24. The lowest BCUT2D eigenvalue weighted by Crippen LogP contribution is -2.36. The highest BCUT2D eigenvalue weighted by Crippen LogP contribution is 2.25. The van der Waals surface area contributed by atoms with E-state index in [2.05, 4.69) is 21.2 Å². The fraction of sp³-hybridized carbons (Fsp3) is 0.467. The molecular formula is C15H21BrN2O3. The summed E-state index contributed by atoms with van der Waals surface area (Å²) in [6.45, 7) is 2.63. The molecule has 1 N–H and O–H groups in total. The average molecular weight is 357 g/mol. The van der Waals surface area contributed by atoms with Crippen LogP contribution in [0.4, 0.5) is 0 Å². The van der Waals surface area contributed by atoms with E-state index in [1.165, 1.54) is 0 Å². The number of carbonyl (C=O) groups excluding carboxylic acids is 2. The number of rotatable bonds is 7. The van der Waals surface area contributed by atoms with Gasteiger partial charge < -0.3 is 10.1 Å². The molecule has 0 fully saturated rings. The number of benzene rings is 1. The number of ketones is 1. The minimum absolute atomic E-state index is 0.00459. The zero-order chi connectivity index (χ0) is 16.0. The zero-order valence-corrected chi connectivity index (χ0v) is 14.4. The van der Waals surface area contributed by atoms with Gasteiger partial charge in [0.05, 0.1) is 18.1 Å². The molecule has 1 unspecified atom stereocenters.